The Kier molecular flexibility index (Phi) is 3.51. The van der Waals surface area contributed by atoms with E-state index in [1.165, 1.54) is 0 Å². The summed E-state index contributed by atoms with van der Waals surface area (Å²) in [5, 5.41) is 0. The smallest absolute Gasteiger partial charge is 0.0835 e. The van der Waals surface area contributed by atoms with Gasteiger partial charge in [0, 0.05) is 6.20 Å². The number of alkyl halides is 1. The molecule has 2 heteroatoms. The third kappa shape index (κ3) is 3.06. The number of aromatic nitrogens is 1. The molecule has 11 heavy (non-hydrogen) atoms. The minimum atomic E-state index is 0.396. The van der Waals surface area contributed by atoms with E-state index in [2.05, 4.69) is 16.8 Å². The summed E-state index contributed by atoms with van der Waals surface area (Å²) in [6.45, 7) is 0. The lowest BCUT2D eigenvalue weighted by atomic mass is 10.3. The van der Waals surface area contributed by atoms with Gasteiger partial charge in [0.15, 0.2) is 0 Å². The van der Waals surface area contributed by atoms with Crippen molar-refractivity contribution in [3.8, 4) is 11.8 Å². The summed E-state index contributed by atoms with van der Waals surface area (Å²) in [5.74, 6) is 6.07. The lowest BCUT2D eigenvalue weighted by molar-refractivity contribution is 1.13. The molecule has 1 nitrogen and oxygen atoms in total. The van der Waals surface area contributed by atoms with Gasteiger partial charge in [-0.1, -0.05) is 17.9 Å². The van der Waals surface area contributed by atoms with E-state index in [1.54, 1.807) is 6.20 Å². The van der Waals surface area contributed by atoms with Gasteiger partial charge in [0.2, 0.25) is 0 Å². The fourth-order valence-corrected chi connectivity index (χ4v) is 0.797. The van der Waals surface area contributed by atoms with Crippen LogP contribution in [0.5, 0.6) is 0 Å². The van der Waals surface area contributed by atoms with Gasteiger partial charge in [-0.15, -0.1) is 11.6 Å². The second-order valence-corrected chi connectivity index (χ2v) is 2.25. The highest BCUT2D eigenvalue weighted by Crippen LogP contribution is 1.92. The van der Waals surface area contributed by atoms with Crippen molar-refractivity contribution in [2.45, 2.75) is 6.42 Å². The maximum absolute atomic E-state index is 5.37. The van der Waals surface area contributed by atoms with Gasteiger partial charge < -0.3 is 0 Å². The Balaban J connectivity index is 2.52. The van der Waals surface area contributed by atoms with Gasteiger partial charge in [-0.25, -0.2) is 0 Å². The topological polar surface area (TPSA) is 12.9 Å². The number of rotatable bonds is 1. The lowest BCUT2D eigenvalue weighted by Crippen LogP contribution is -1.84. The molecule has 0 aromatic carbocycles. The van der Waals surface area contributed by atoms with Crippen LogP contribution in [0.4, 0.5) is 0 Å². The number of hydrogen-bond donors (Lipinski definition) is 0. The predicted octanol–water partition coefficient (Wildman–Crippen LogP) is 1.87. The fourth-order valence-electron chi connectivity index (χ4n) is 0.703. The van der Waals surface area contributed by atoms with Crippen molar-refractivity contribution >= 4 is 11.6 Å². The van der Waals surface area contributed by atoms with Crippen molar-refractivity contribution in [1.82, 2.24) is 4.98 Å². The van der Waals surface area contributed by atoms with Crippen LogP contribution in [0, 0.1) is 11.8 Å². The van der Waals surface area contributed by atoms with Crippen molar-refractivity contribution in [1.29, 1.82) is 0 Å². The second kappa shape index (κ2) is 4.76. The van der Waals surface area contributed by atoms with Crippen molar-refractivity contribution in [2.75, 3.05) is 5.88 Å². The highest BCUT2D eigenvalue weighted by Gasteiger charge is 1.85. The molecule has 0 N–H and O–H groups in total. The maximum atomic E-state index is 5.37. The van der Waals surface area contributed by atoms with E-state index in [4.69, 9.17) is 11.6 Å². The Hall–Kier alpha value is -1.00. The molecular weight excluding hydrogens is 158 g/mol. The molecule has 0 spiro atoms. The molecule has 0 atom stereocenters. The highest BCUT2D eigenvalue weighted by atomic mass is 35.5. The first kappa shape index (κ1) is 8.10. The Morgan fingerprint density at radius 1 is 1.36 bits per heavy atom. The SMILES string of the molecule is ClCC#CCc1ccccn1. The van der Waals surface area contributed by atoms with Crippen LogP contribution in [0.25, 0.3) is 0 Å². The second-order valence-electron chi connectivity index (χ2n) is 1.99. The molecule has 0 aliphatic rings. The molecule has 0 fully saturated rings. The molecule has 0 aliphatic carbocycles. The standard InChI is InChI=1S/C9H8ClN/c10-7-3-1-5-9-6-2-4-8-11-9/h2,4,6,8H,5,7H2. The predicted molar refractivity (Wildman–Crippen MR) is 46.4 cm³/mol. The molecule has 56 valence electrons. The van der Waals surface area contributed by atoms with Crippen molar-refractivity contribution in [2.24, 2.45) is 0 Å². The van der Waals surface area contributed by atoms with Gasteiger partial charge in [-0.2, -0.15) is 0 Å². The molecule has 1 heterocycles. The molecule has 0 bridgehead atoms. The third-order valence-corrected chi connectivity index (χ3v) is 1.32. The average Bonchev–Trinajstić information content (AvgIpc) is 2.07. The van der Waals surface area contributed by atoms with Crippen LogP contribution < -0.4 is 0 Å². The number of halogens is 1. The Labute approximate surface area is 71.4 Å². The van der Waals surface area contributed by atoms with E-state index >= 15 is 0 Å². The van der Waals surface area contributed by atoms with Gasteiger partial charge in [0.25, 0.3) is 0 Å². The zero-order valence-electron chi connectivity index (χ0n) is 6.05. The molecule has 0 amide bonds. The molecule has 1 rings (SSSR count). The van der Waals surface area contributed by atoms with Crippen LogP contribution in [-0.4, -0.2) is 10.9 Å². The molecule has 1 aromatic heterocycles. The van der Waals surface area contributed by atoms with Crippen LogP contribution >= 0.6 is 11.6 Å². The quantitative estimate of drug-likeness (QED) is 0.457. The zero-order valence-corrected chi connectivity index (χ0v) is 6.80. The first-order valence-electron chi connectivity index (χ1n) is 3.35. The van der Waals surface area contributed by atoms with Crippen LogP contribution in [0.3, 0.4) is 0 Å². The summed E-state index contributed by atoms with van der Waals surface area (Å²) >= 11 is 5.37. The monoisotopic (exact) mass is 165 g/mol. The number of pyridine rings is 1. The van der Waals surface area contributed by atoms with Crippen LogP contribution in [0.2, 0.25) is 0 Å². The minimum absolute atomic E-state index is 0.396. The van der Waals surface area contributed by atoms with E-state index in [1.807, 2.05) is 18.2 Å². The van der Waals surface area contributed by atoms with Crippen LogP contribution in [0.1, 0.15) is 5.69 Å². The van der Waals surface area contributed by atoms with E-state index in [9.17, 15) is 0 Å². The van der Waals surface area contributed by atoms with Gasteiger partial charge in [-0.3, -0.25) is 4.98 Å². The Morgan fingerprint density at radius 3 is 2.91 bits per heavy atom. The van der Waals surface area contributed by atoms with E-state index in [0.717, 1.165) is 5.69 Å². The summed E-state index contributed by atoms with van der Waals surface area (Å²) in [6, 6.07) is 5.78. The van der Waals surface area contributed by atoms with Gasteiger partial charge in [0.1, 0.15) is 0 Å². The van der Waals surface area contributed by atoms with Crippen LogP contribution in [0.15, 0.2) is 24.4 Å². The molecule has 0 saturated carbocycles. The normalized spacial score (nSPS) is 8.45. The summed E-state index contributed by atoms with van der Waals surface area (Å²) < 4.78 is 0. The minimum Gasteiger partial charge on any atom is -0.260 e. The molecule has 0 radical (unpaired) electrons. The zero-order chi connectivity index (χ0) is 7.94. The van der Waals surface area contributed by atoms with E-state index < -0.39 is 0 Å². The summed E-state index contributed by atoms with van der Waals surface area (Å²) in [7, 11) is 0. The van der Waals surface area contributed by atoms with Gasteiger partial charge in [0.05, 0.1) is 18.0 Å². The molecule has 0 unspecified atom stereocenters. The lowest BCUT2D eigenvalue weighted by Gasteiger charge is -1.89. The highest BCUT2D eigenvalue weighted by molar-refractivity contribution is 6.19. The molecule has 0 aliphatic heterocycles. The average molecular weight is 166 g/mol. The number of nitrogens with zero attached hydrogens (tertiary/aromatic N) is 1. The largest absolute Gasteiger partial charge is 0.260 e. The van der Waals surface area contributed by atoms with Crippen molar-refractivity contribution in [3.05, 3.63) is 30.1 Å². The van der Waals surface area contributed by atoms with Crippen molar-refractivity contribution < 1.29 is 0 Å². The Bertz CT molecular complexity index is 258. The van der Waals surface area contributed by atoms with E-state index in [0.29, 0.717) is 12.3 Å². The fraction of sp³-hybridized carbons (Fsp3) is 0.222. The molecular formula is C9H8ClN. The first-order chi connectivity index (χ1) is 5.43. The van der Waals surface area contributed by atoms with E-state index in [-0.39, 0.29) is 0 Å². The summed E-state index contributed by atoms with van der Waals surface area (Å²) in [4.78, 5) is 4.10. The Morgan fingerprint density at radius 2 is 2.27 bits per heavy atom. The summed E-state index contributed by atoms with van der Waals surface area (Å²) in [6.07, 6.45) is 2.45. The molecule has 1 aromatic rings. The third-order valence-electron chi connectivity index (χ3n) is 1.19. The van der Waals surface area contributed by atoms with Crippen molar-refractivity contribution in [3.63, 3.8) is 0 Å². The summed E-state index contributed by atoms with van der Waals surface area (Å²) in [5.41, 5.74) is 0.991. The maximum Gasteiger partial charge on any atom is 0.0835 e. The van der Waals surface area contributed by atoms with Crippen LogP contribution in [-0.2, 0) is 6.42 Å². The molecule has 0 saturated heterocycles. The van der Waals surface area contributed by atoms with Gasteiger partial charge >= 0.3 is 0 Å². The number of hydrogen-bond acceptors (Lipinski definition) is 1. The first-order valence-corrected chi connectivity index (χ1v) is 3.88. The van der Waals surface area contributed by atoms with Gasteiger partial charge in [-0.05, 0) is 12.1 Å².